The molecule has 1 aromatic carbocycles. The summed E-state index contributed by atoms with van der Waals surface area (Å²) < 4.78 is 1.57. The quantitative estimate of drug-likeness (QED) is 0.493. The zero-order chi connectivity index (χ0) is 19.8. The molecule has 0 unspecified atom stereocenters. The van der Waals surface area contributed by atoms with Crippen molar-refractivity contribution in [3.05, 3.63) is 91.8 Å². The van der Waals surface area contributed by atoms with Crippen LogP contribution in [0.25, 0.3) is 22.0 Å². The average molecular weight is 396 g/mol. The molecular formula is C20H14ClN3O4. The molecule has 3 heterocycles. The molecule has 0 amide bonds. The summed E-state index contributed by atoms with van der Waals surface area (Å²) in [5.41, 5.74) is 1.02. The maximum atomic E-state index is 12.4. The minimum atomic E-state index is -1.18. The Balaban J connectivity index is 2.09. The normalized spacial score (nSPS) is 11.0. The van der Waals surface area contributed by atoms with Gasteiger partial charge >= 0.3 is 5.97 Å². The van der Waals surface area contributed by atoms with Gasteiger partial charge in [-0.15, -0.1) is 0 Å². The molecule has 0 saturated carbocycles. The van der Waals surface area contributed by atoms with Gasteiger partial charge in [-0.1, -0.05) is 11.6 Å². The molecule has 3 N–H and O–H groups in total. The van der Waals surface area contributed by atoms with Gasteiger partial charge in [0, 0.05) is 52.1 Å². The van der Waals surface area contributed by atoms with E-state index in [1.807, 2.05) is 0 Å². The number of H-pyrrole nitrogens is 2. The molecule has 4 aromatic rings. The monoisotopic (exact) mass is 395 g/mol. The molecular weight excluding hydrogens is 382 g/mol. The molecule has 8 heteroatoms. The molecule has 0 radical (unpaired) electrons. The number of benzene rings is 1. The van der Waals surface area contributed by atoms with Crippen LogP contribution in [-0.4, -0.2) is 25.6 Å². The number of aromatic amines is 2. The van der Waals surface area contributed by atoms with Crippen LogP contribution < -0.4 is 11.1 Å². The van der Waals surface area contributed by atoms with E-state index in [2.05, 4.69) is 9.97 Å². The van der Waals surface area contributed by atoms with Crippen molar-refractivity contribution in [3.8, 4) is 11.1 Å². The van der Waals surface area contributed by atoms with Crippen LogP contribution in [0.5, 0.6) is 0 Å². The molecule has 0 atom stereocenters. The highest BCUT2D eigenvalue weighted by Gasteiger charge is 2.25. The van der Waals surface area contributed by atoms with Crippen LogP contribution in [0.2, 0.25) is 5.02 Å². The van der Waals surface area contributed by atoms with Crippen LogP contribution in [0, 0.1) is 0 Å². The molecule has 0 bridgehead atoms. The lowest BCUT2D eigenvalue weighted by Gasteiger charge is -2.09. The van der Waals surface area contributed by atoms with Crippen molar-refractivity contribution in [1.29, 1.82) is 0 Å². The number of carboxylic acid groups (broad SMARTS) is 1. The number of carboxylic acids is 1. The fourth-order valence-electron chi connectivity index (χ4n) is 3.37. The summed E-state index contributed by atoms with van der Waals surface area (Å²) in [7, 11) is 0. The minimum Gasteiger partial charge on any atom is -0.477 e. The Morgan fingerprint density at radius 2 is 1.89 bits per heavy atom. The van der Waals surface area contributed by atoms with Crippen LogP contribution in [0.1, 0.15) is 16.1 Å². The van der Waals surface area contributed by atoms with E-state index in [4.69, 9.17) is 11.6 Å². The van der Waals surface area contributed by atoms with E-state index >= 15 is 0 Å². The van der Waals surface area contributed by atoms with Crippen molar-refractivity contribution in [3.63, 3.8) is 0 Å². The van der Waals surface area contributed by atoms with Crippen molar-refractivity contribution in [1.82, 2.24) is 14.5 Å². The Labute approximate surface area is 162 Å². The summed E-state index contributed by atoms with van der Waals surface area (Å²) in [4.78, 5) is 41.3. The number of nitrogens with one attached hydrogen (secondary N) is 2. The van der Waals surface area contributed by atoms with Crippen molar-refractivity contribution in [2.75, 3.05) is 0 Å². The number of hydrogen-bond donors (Lipinski definition) is 3. The molecule has 0 fully saturated rings. The van der Waals surface area contributed by atoms with E-state index in [0.717, 1.165) is 0 Å². The number of aromatic nitrogens is 3. The first-order chi connectivity index (χ1) is 13.5. The van der Waals surface area contributed by atoms with Crippen molar-refractivity contribution < 1.29 is 9.90 Å². The van der Waals surface area contributed by atoms with Gasteiger partial charge in [-0.25, -0.2) is 4.79 Å². The number of hydrogen-bond acceptors (Lipinski definition) is 3. The molecule has 7 nitrogen and oxygen atoms in total. The first kappa shape index (κ1) is 17.8. The predicted molar refractivity (Wildman–Crippen MR) is 106 cm³/mol. The van der Waals surface area contributed by atoms with Crippen molar-refractivity contribution in [2.24, 2.45) is 0 Å². The number of nitrogens with zero attached hydrogens (tertiary/aromatic N) is 1. The highest BCUT2D eigenvalue weighted by molar-refractivity contribution is 6.31. The van der Waals surface area contributed by atoms with E-state index in [1.165, 1.54) is 18.5 Å². The number of halogens is 1. The first-order valence-electron chi connectivity index (χ1n) is 8.36. The molecule has 0 aliphatic heterocycles. The summed E-state index contributed by atoms with van der Waals surface area (Å²) >= 11 is 6.15. The largest absolute Gasteiger partial charge is 0.477 e. The second kappa shape index (κ2) is 6.86. The maximum absolute atomic E-state index is 12.4. The van der Waals surface area contributed by atoms with Crippen molar-refractivity contribution in [2.45, 2.75) is 6.54 Å². The lowest BCUT2D eigenvalue weighted by atomic mass is 10.0. The summed E-state index contributed by atoms with van der Waals surface area (Å²) in [6, 6.07) is 11.3. The number of pyridine rings is 2. The van der Waals surface area contributed by atoms with E-state index in [-0.39, 0.29) is 28.9 Å². The van der Waals surface area contributed by atoms with E-state index in [9.17, 15) is 19.5 Å². The molecule has 0 aliphatic carbocycles. The topological polar surface area (TPSA) is 108 Å². The van der Waals surface area contributed by atoms with Crippen LogP contribution in [-0.2, 0) is 6.54 Å². The Bertz CT molecular complexity index is 1330. The summed E-state index contributed by atoms with van der Waals surface area (Å²) in [5.74, 6) is -1.18. The Kier molecular flexibility index (Phi) is 4.37. The minimum absolute atomic E-state index is 0.0470. The number of aromatic carboxylic acids is 1. The van der Waals surface area contributed by atoms with E-state index < -0.39 is 11.5 Å². The molecule has 140 valence electrons. The van der Waals surface area contributed by atoms with Gasteiger partial charge in [0.25, 0.3) is 5.56 Å². The van der Waals surface area contributed by atoms with Crippen LogP contribution in [0.3, 0.4) is 0 Å². The Morgan fingerprint density at radius 3 is 2.61 bits per heavy atom. The molecule has 0 saturated heterocycles. The van der Waals surface area contributed by atoms with Gasteiger partial charge in [0.2, 0.25) is 5.56 Å². The van der Waals surface area contributed by atoms with Gasteiger partial charge in [-0.3, -0.25) is 9.59 Å². The SMILES string of the molecule is O=C(O)c1c(-c2ccc[nH]c2=O)c2cc(Cl)ccc2n1Cc1cc[nH]c(=O)c1. The zero-order valence-electron chi connectivity index (χ0n) is 14.4. The average Bonchev–Trinajstić information content (AvgIpc) is 2.95. The van der Waals surface area contributed by atoms with Gasteiger partial charge in [-0.2, -0.15) is 0 Å². The summed E-state index contributed by atoms with van der Waals surface area (Å²) in [6.45, 7) is 0.147. The van der Waals surface area contributed by atoms with Crippen LogP contribution in [0.4, 0.5) is 0 Å². The first-order valence-corrected chi connectivity index (χ1v) is 8.74. The Hall–Kier alpha value is -3.58. The number of rotatable bonds is 4. The third-order valence-corrected chi connectivity index (χ3v) is 4.73. The molecule has 3 aromatic heterocycles. The molecule has 0 aliphatic rings. The summed E-state index contributed by atoms with van der Waals surface area (Å²) in [5, 5.41) is 10.9. The maximum Gasteiger partial charge on any atom is 0.353 e. The van der Waals surface area contributed by atoms with Crippen LogP contribution in [0.15, 0.2) is 64.4 Å². The third-order valence-electron chi connectivity index (χ3n) is 4.50. The zero-order valence-corrected chi connectivity index (χ0v) is 15.2. The standard InChI is InChI=1S/C20H14ClN3O4/c21-12-3-4-15-14(9-12)17(13-2-1-6-23-19(13)26)18(20(27)28)24(15)10-11-5-7-22-16(25)8-11/h1-9H,10H2,(H,22,25)(H,23,26)(H,27,28). The fourth-order valence-corrected chi connectivity index (χ4v) is 3.55. The third kappa shape index (κ3) is 3.01. The smallest absolute Gasteiger partial charge is 0.353 e. The number of fused-ring (bicyclic) bond motifs is 1. The molecule has 28 heavy (non-hydrogen) atoms. The lowest BCUT2D eigenvalue weighted by molar-refractivity contribution is 0.0687. The Morgan fingerprint density at radius 1 is 1.07 bits per heavy atom. The van der Waals surface area contributed by atoms with Gasteiger partial charge in [0.1, 0.15) is 5.69 Å². The fraction of sp³-hybridized carbons (Fsp3) is 0.0500. The summed E-state index contributed by atoms with van der Waals surface area (Å²) in [6.07, 6.45) is 2.98. The van der Waals surface area contributed by atoms with E-state index in [1.54, 1.807) is 41.0 Å². The second-order valence-corrected chi connectivity index (χ2v) is 6.69. The lowest BCUT2D eigenvalue weighted by Crippen LogP contribution is -2.14. The van der Waals surface area contributed by atoms with Gasteiger partial charge in [0.15, 0.2) is 0 Å². The predicted octanol–water partition coefficient (Wildman–Crippen LogP) is 3.08. The molecule has 0 spiro atoms. The van der Waals surface area contributed by atoms with Gasteiger partial charge < -0.3 is 19.6 Å². The number of carbonyl (C=O) groups is 1. The highest BCUT2D eigenvalue weighted by Crippen LogP contribution is 2.35. The van der Waals surface area contributed by atoms with Crippen molar-refractivity contribution >= 4 is 28.5 Å². The van der Waals surface area contributed by atoms with Crippen LogP contribution >= 0.6 is 11.6 Å². The van der Waals surface area contributed by atoms with E-state index in [0.29, 0.717) is 21.5 Å². The second-order valence-electron chi connectivity index (χ2n) is 6.25. The highest BCUT2D eigenvalue weighted by atomic mass is 35.5. The van der Waals surface area contributed by atoms with Gasteiger partial charge in [0.05, 0.1) is 0 Å². The molecule has 4 rings (SSSR count). The van der Waals surface area contributed by atoms with Gasteiger partial charge in [-0.05, 0) is 42.0 Å².